The molecule has 2 atom stereocenters. The molecule has 3 N–H and O–H groups in total. The monoisotopic (exact) mass is 676 g/mol. The van der Waals surface area contributed by atoms with E-state index in [-0.39, 0.29) is 12.5 Å². The molecule has 4 heteroatoms. The highest BCUT2D eigenvalue weighted by Gasteiger charge is 2.17. The number of unbranched alkanes of at least 4 members (excludes halogenated alkanes) is 30. The Morgan fingerprint density at radius 2 is 0.812 bits per heavy atom. The van der Waals surface area contributed by atoms with Crippen molar-refractivity contribution in [2.24, 2.45) is 0 Å². The fraction of sp³-hybridized carbons (Fsp3) is 0.886. The molecule has 0 heterocycles. The second kappa shape index (κ2) is 40.3. The van der Waals surface area contributed by atoms with E-state index in [0.717, 1.165) is 32.1 Å². The standard InChI is InChI=1S/C44H85NO3/c1-3-5-7-9-11-13-15-17-19-21-22-23-24-26-28-30-32-34-36-38-40-44(48)45-42(41-46)43(47)39-37-35-33-31-29-27-25-20-18-16-14-12-10-8-6-4-2/h29,31,37,39,42-43,46-47H,3-28,30,32-36,38,40-41H2,1-2H3,(H,45,48)/b31-29+,39-37+. The summed E-state index contributed by atoms with van der Waals surface area (Å²) in [6.07, 6.45) is 51.4. The predicted octanol–water partition coefficient (Wildman–Crippen LogP) is 13.2. The average molecular weight is 676 g/mol. The van der Waals surface area contributed by atoms with Crippen molar-refractivity contribution in [3.05, 3.63) is 24.3 Å². The summed E-state index contributed by atoms with van der Waals surface area (Å²) >= 11 is 0. The molecule has 4 nitrogen and oxygen atoms in total. The summed E-state index contributed by atoms with van der Waals surface area (Å²) in [6, 6.07) is -0.634. The number of rotatable bonds is 39. The van der Waals surface area contributed by atoms with Crippen LogP contribution < -0.4 is 5.32 Å². The molecule has 0 aromatic carbocycles. The summed E-state index contributed by atoms with van der Waals surface area (Å²) in [6.45, 7) is 4.31. The first-order valence-electron chi connectivity index (χ1n) is 21.6. The molecule has 0 aliphatic rings. The lowest BCUT2D eigenvalue weighted by Crippen LogP contribution is -2.45. The van der Waals surface area contributed by atoms with Crippen LogP contribution in [0, 0.1) is 0 Å². The Morgan fingerprint density at radius 3 is 1.21 bits per heavy atom. The van der Waals surface area contributed by atoms with Gasteiger partial charge in [0.15, 0.2) is 0 Å². The molecule has 0 saturated heterocycles. The van der Waals surface area contributed by atoms with Crippen LogP contribution in [0.2, 0.25) is 0 Å². The van der Waals surface area contributed by atoms with Crippen LogP contribution in [0.4, 0.5) is 0 Å². The Kier molecular flexibility index (Phi) is 39.4. The zero-order valence-corrected chi connectivity index (χ0v) is 32.5. The molecule has 0 rings (SSSR count). The average Bonchev–Trinajstić information content (AvgIpc) is 3.09. The van der Waals surface area contributed by atoms with Gasteiger partial charge in [-0.05, 0) is 32.1 Å². The molecule has 0 radical (unpaired) electrons. The Balaban J connectivity index is 3.57. The molecule has 0 aromatic rings. The van der Waals surface area contributed by atoms with E-state index in [1.165, 1.54) is 180 Å². The van der Waals surface area contributed by atoms with Crippen molar-refractivity contribution in [1.82, 2.24) is 5.32 Å². The Morgan fingerprint density at radius 1 is 0.479 bits per heavy atom. The Bertz CT molecular complexity index is 691. The smallest absolute Gasteiger partial charge is 0.220 e. The van der Waals surface area contributed by atoms with E-state index in [0.29, 0.717) is 6.42 Å². The first kappa shape index (κ1) is 46.9. The van der Waals surface area contributed by atoms with Gasteiger partial charge in [-0.25, -0.2) is 0 Å². The zero-order chi connectivity index (χ0) is 35.0. The lowest BCUT2D eigenvalue weighted by molar-refractivity contribution is -0.123. The van der Waals surface area contributed by atoms with Crippen molar-refractivity contribution in [2.75, 3.05) is 6.61 Å². The van der Waals surface area contributed by atoms with Crippen LogP contribution in [0.15, 0.2) is 24.3 Å². The molecule has 0 aliphatic carbocycles. The molecule has 48 heavy (non-hydrogen) atoms. The normalized spacial score (nSPS) is 13.2. The highest BCUT2D eigenvalue weighted by Crippen LogP contribution is 2.16. The van der Waals surface area contributed by atoms with Gasteiger partial charge in [0.1, 0.15) is 0 Å². The minimum Gasteiger partial charge on any atom is -0.394 e. The number of hydrogen-bond donors (Lipinski definition) is 3. The van der Waals surface area contributed by atoms with Crippen molar-refractivity contribution < 1.29 is 15.0 Å². The molecule has 0 bridgehead atoms. The van der Waals surface area contributed by atoms with Crippen molar-refractivity contribution in [1.29, 1.82) is 0 Å². The minimum absolute atomic E-state index is 0.0705. The highest BCUT2D eigenvalue weighted by molar-refractivity contribution is 5.76. The first-order valence-corrected chi connectivity index (χ1v) is 21.6. The van der Waals surface area contributed by atoms with Gasteiger partial charge >= 0.3 is 0 Å². The van der Waals surface area contributed by atoms with Crippen molar-refractivity contribution in [3.63, 3.8) is 0 Å². The minimum atomic E-state index is -0.857. The second-order valence-corrected chi connectivity index (χ2v) is 14.8. The van der Waals surface area contributed by atoms with Gasteiger partial charge in [0.2, 0.25) is 5.91 Å². The third-order valence-corrected chi connectivity index (χ3v) is 9.94. The number of aliphatic hydroxyl groups is 2. The van der Waals surface area contributed by atoms with Gasteiger partial charge in [0.25, 0.3) is 0 Å². The molecule has 284 valence electrons. The lowest BCUT2D eigenvalue weighted by atomic mass is 10.0. The molecular formula is C44H85NO3. The van der Waals surface area contributed by atoms with E-state index in [1.54, 1.807) is 6.08 Å². The van der Waals surface area contributed by atoms with Gasteiger partial charge in [-0.15, -0.1) is 0 Å². The largest absolute Gasteiger partial charge is 0.394 e. The zero-order valence-electron chi connectivity index (χ0n) is 32.5. The van der Waals surface area contributed by atoms with E-state index < -0.39 is 12.1 Å². The maximum atomic E-state index is 12.4. The molecule has 1 amide bonds. The summed E-state index contributed by atoms with van der Waals surface area (Å²) in [7, 11) is 0. The van der Waals surface area contributed by atoms with E-state index in [4.69, 9.17) is 0 Å². The van der Waals surface area contributed by atoms with Gasteiger partial charge in [-0.2, -0.15) is 0 Å². The number of aliphatic hydroxyl groups excluding tert-OH is 2. The second-order valence-electron chi connectivity index (χ2n) is 14.8. The topological polar surface area (TPSA) is 69.6 Å². The summed E-state index contributed by atoms with van der Waals surface area (Å²) < 4.78 is 0. The van der Waals surface area contributed by atoms with Gasteiger partial charge in [-0.1, -0.05) is 218 Å². The quantitative estimate of drug-likeness (QED) is 0.0448. The van der Waals surface area contributed by atoms with E-state index in [9.17, 15) is 15.0 Å². The molecular weight excluding hydrogens is 590 g/mol. The molecule has 0 fully saturated rings. The van der Waals surface area contributed by atoms with Crippen LogP contribution >= 0.6 is 0 Å². The molecule has 0 saturated carbocycles. The van der Waals surface area contributed by atoms with Crippen LogP contribution in [0.3, 0.4) is 0 Å². The van der Waals surface area contributed by atoms with Crippen molar-refractivity contribution in [2.45, 2.75) is 244 Å². The van der Waals surface area contributed by atoms with Gasteiger partial charge < -0.3 is 15.5 Å². The van der Waals surface area contributed by atoms with E-state index in [1.807, 2.05) is 6.08 Å². The SMILES string of the molecule is CCCCCCCCCCCC/C=C/CC/C=C/C(O)C(CO)NC(=O)CCCCCCCCCCCCCCCCCCCCCC. The fourth-order valence-electron chi connectivity index (χ4n) is 6.61. The van der Waals surface area contributed by atoms with Crippen molar-refractivity contribution >= 4 is 5.91 Å². The number of carbonyl (C=O) groups excluding carboxylic acids is 1. The number of carbonyl (C=O) groups is 1. The van der Waals surface area contributed by atoms with E-state index in [2.05, 4.69) is 31.3 Å². The third-order valence-electron chi connectivity index (χ3n) is 9.94. The maximum absolute atomic E-state index is 12.4. The predicted molar refractivity (Wildman–Crippen MR) is 212 cm³/mol. The van der Waals surface area contributed by atoms with Crippen LogP contribution in [-0.4, -0.2) is 34.9 Å². The van der Waals surface area contributed by atoms with Gasteiger partial charge in [0, 0.05) is 6.42 Å². The number of amides is 1. The maximum Gasteiger partial charge on any atom is 0.220 e. The van der Waals surface area contributed by atoms with Gasteiger partial charge in [-0.3, -0.25) is 4.79 Å². The number of nitrogens with one attached hydrogen (secondary N) is 1. The molecule has 0 spiro atoms. The molecule has 2 unspecified atom stereocenters. The number of hydrogen-bond acceptors (Lipinski definition) is 3. The van der Waals surface area contributed by atoms with Crippen LogP contribution in [0.1, 0.15) is 232 Å². The molecule has 0 aliphatic heterocycles. The van der Waals surface area contributed by atoms with E-state index >= 15 is 0 Å². The number of allylic oxidation sites excluding steroid dienone is 3. The third kappa shape index (κ3) is 36.2. The summed E-state index contributed by atoms with van der Waals surface area (Å²) in [5, 5.41) is 23.0. The van der Waals surface area contributed by atoms with Crippen molar-refractivity contribution in [3.8, 4) is 0 Å². The first-order chi connectivity index (χ1) is 23.7. The molecule has 0 aromatic heterocycles. The lowest BCUT2D eigenvalue weighted by Gasteiger charge is -2.19. The van der Waals surface area contributed by atoms with Crippen LogP contribution in [0.5, 0.6) is 0 Å². The Labute approximate surface area is 300 Å². The van der Waals surface area contributed by atoms with Crippen LogP contribution in [0.25, 0.3) is 0 Å². The fourth-order valence-corrected chi connectivity index (χ4v) is 6.61. The van der Waals surface area contributed by atoms with Gasteiger partial charge in [0.05, 0.1) is 18.8 Å². The summed E-state index contributed by atoms with van der Waals surface area (Å²) in [5.74, 6) is -0.0705. The Hall–Kier alpha value is -1.13. The highest BCUT2D eigenvalue weighted by atomic mass is 16.3. The summed E-state index contributed by atoms with van der Waals surface area (Å²) in [4.78, 5) is 12.4. The summed E-state index contributed by atoms with van der Waals surface area (Å²) in [5.41, 5.74) is 0. The van der Waals surface area contributed by atoms with Crippen LogP contribution in [-0.2, 0) is 4.79 Å².